The molecule has 0 aliphatic carbocycles. The van der Waals surface area contributed by atoms with Crippen molar-refractivity contribution < 1.29 is 9.90 Å². The van der Waals surface area contributed by atoms with Crippen molar-refractivity contribution in [3.63, 3.8) is 0 Å². The Morgan fingerprint density at radius 2 is 2.33 bits per heavy atom. The van der Waals surface area contributed by atoms with Crippen LogP contribution < -0.4 is 4.90 Å². The Morgan fingerprint density at radius 3 is 2.87 bits per heavy atom. The summed E-state index contributed by atoms with van der Waals surface area (Å²) in [7, 11) is 0. The Bertz CT molecular complexity index is 368. The lowest BCUT2D eigenvalue weighted by atomic mass is 10.1. The van der Waals surface area contributed by atoms with Crippen LogP contribution in [0.4, 0.5) is 5.82 Å². The van der Waals surface area contributed by atoms with Crippen LogP contribution >= 0.6 is 11.6 Å². The van der Waals surface area contributed by atoms with Gasteiger partial charge in [0.1, 0.15) is 0 Å². The van der Waals surface area contributed by atoms with Crippen molar-refractivity contribution in [3.8, 4) is 0 Å². The van der Waals surface area contributed by atoms with E-state index in [1.165, 1.54) is 4.90 Å². The summed E-state index contributed by atoms with van der Waals surface area (Å²) in [5.74, 6) is 0.445. The molecule has 2 heterocycles. The summed E-state index contributed by atoms with van der Waals surface area (Å²) < 4.78 is 0. The highest BCUT2D eigenvalue weighted by Gasteiger charge is 2.30. The van der Waals surface area contributed by atoms with E-state index in [0.717, 1.165) is 0 Å². The molecule has 0 radical (unpaired) electrons. The first-order valence-electron chi connectivity index (χ1n) is 4.61. The quantitative estimate of drug-likeness (QED) is 0.798. The molecule has 15 heavy (non-hydrogen) atoms. The normalized spacial score (nSPS) is 21.1. The van der Waals surface area contributed by atoms with Gasteiger partial charge in [0.2, 0.25) is 5.91 Å². The number of anilines is 1. The Balaban J connectivity index is 2.18. The summed E-state index contributed by atoms with van der Waals surface area (Å²) in [5, 5.41) is 16.7. The van der Waals surface area contributed by atoms with Crippen molar-refractivity contribution in [2.75, 3.05) is 18.1 Å². The van der Waals surface area contributed by atoms with Gasteiger partial charge in [-0.25, -0.2) is 0 Å². The third-order valence-corrected chi connectivity index (χ3v) is 2.56. The van der Waals surface area contributed by atoms with E-state index in [4.69, 9.17) is 16.7 Å². The zero-order chi connectivity index (χ0) is 10.8. The predicted molar refractivity (Wildman–Crippen MR) is 54.6 cm³/mol. The van der Waals surface area contributed by atoms with Crippen LogP contribution in [0.3, 0.4) is 0 Å². The molecule has 6 heteroatoms. The molecule has 0 bridgehead atoms. The smallest absolute Gasteiger partial charge is 0.228 e. The maximum atomic E-state index is 11.5. The second kappa shape index (κ2) is 4.12. The van der Waals surface area contributed by atoms with Crippen LogP contribution in [-0.4, -0.2) is 34.4 Å². The molecule has 1 aliphatic rings. The number of hydrogen-bond acceptors (Lipinski definition) is 4. The number of hydrogen-bond donors (Lipinski definition) is 1. The topological polar surface area (TPSA) is 66.3 Å². The molecule has 1 aromatic heterocycles. The predicted octanol–water partition coefficient (Wildman–Crippen LogP) is 0.475. The summed E-state index contributed by atoms with van der Waals surface area (Å²) in [6, 6.07) is 3.23. The number of aliphatic hydroxyl groups is 1. The van der Waals surface area contributed by atoms with Crippen LogP contribution in [-0.2, 0) is 4.79 Å². The fourth-order valence-corrected chi connectivity index (χ4v) is 1.68. The molecular formula is C9H10ClN3O2. The Kier molecular flexibility index (Phi) is 2.83. The number of aliphatic hydroxyl groups excluding tert-OH is 1. The summed E-state index contributed by atoms with van der Waals surface area (Å²) in [5.41, 5.74) is 0. The number of aromatic nitrogens is 2. The van der Waals surface area contributed by atoms with Crippen LogP contribution in [0.5, 0.6) is 0 Å². The van der Waals surface area contributed by atoms with Crippen LogP contribution in [0.2, 0.25) is 5.15 Å². The monoisotopic (exact) mass is 227 g/mol. The maximum absolute atomic E-state index is 11.5. The van der Waals surface area contributed by atoms with Crippen LogP contribution in [0, 0.1) is 5.92 Å². The molecule has 1 aliphatic heterocycles. The number of carbonyl (C=O) groups is 1. The van der Waals surface area contributed by atoms with Gasteiger partial charge in [0.15, 0.2) is 11.0 Å². The molecule has 80 valence electrons. The first kappa shape index (κ1) is 10.3. The molecule has 1 amide bonds. The second-order valence-corrected chi connectivity index (χ2v) is 3.86. The summed E-state index contributed by atoms with van der Waals surface area (Å²) >= 11 is 5.59. The molecule has 0 spiro atoms. The number of halogens is 1. The number of nitrogens with zero attached hydrogens (tertiary/aromatic N) is 3. The second-order valence-electron chi connectivity index (χ2n) is 3.47. The molecular weight excluding hydrogens is 218 g/mol. The summed E-state index contributed by atoms with van der Waals surface area (Å²) in [6.07, 6.45) is 0.362. The van der Waals surface area contributed by atoms with Crippen molar-refractivity contribution in [2.45, 2.75) is 6.42 Å². The maximum Gasteiger partial charge on any atom is 0.228 e. The van der Waals surface area contributed by atoms with Gasteiger partial charge >= 0.3 is 0 Å². The highest BCUT2D eigenvalue weighted by atomic mass is 35.5. The Morgan fingerprint density at radius 1 is 1.53 bits per heavy atom. The zero-order valence-electron chi connectivity index (χ0n) is 7.93. The first-order chi connectivity index (χ1) is 7.20. The van der Waals surface area contributed by atoms with E-state index >= 15 is 0 Å². The number of carbonyl (C=O) groups excluding carboxylic acids is 1. The lowest BCUT2D eigenvalue weighted by molar-refractivity contribution is -0.117. The fourth-order valence-electron chi connectivity index (χ4n) is 1.58. The lowest BCUT2D eigenvalue weighted by Crippen LogP contribution is -2.26. The zero-order valence-corrected chi connectivity index (χ0v) is 8.68. The van der Waals surface area contributed by atoms with E-state index in [1.807, 2.05) is 0 Å². The molecule has 2 rings (SSSR count). The molecule has 5 nitrogen and oxygen atoms in total. The van der Waals surface area contributed by atoms with E-state index < -0.39 is 0 Å². The van der Waals surface area contributed by atoms with Crippen molar-refractivity contribution in [3.05, 3.63) is 17.3 Å². The largest absolute Gasteiger partial charge is 0.396 e. The lowest BCUT2D eigenvalue weighted by Gasteiger charge is -2.13. The molecule has 1 N–H and O–H groups in total. The average Bonchev–Trinajstić information content (AvgIpc) is 2.61. The van der Waals surface area contributed by atoms with Crippen molar-refractivity contribution in [1.29, 1.82) is 0 Å². The summed E-state index contributed by atoms with van der Waals surface area (Å²) in [4.78, 5) is 13.1. The van der Waals surface area contributed by atoms with Gasteiger partial charge in [-0.05, 0) is 12.1 Å². The van der Waals surface area contributed by atoms with Gasteiger partial charge in [-0.2, -0.15) is 0 Å². The van der Waals surface area contributed by atoms with Gasteiger partial charge in [-0.15, -0.1) is 10.2 Å². The first-order valence-corrected chi connectivity index (χ1v) is 4.99. The Hall–Kier alpha value is -1.20. The molecule has 1 fully saturated rings. The molecule has 1 unspecified atom stereocenters. The third kappa shape index (κ3) is 2.08. The van der Waals surface area contributed by atoms with E-state index in [2.05, 4.69) is 10.2 Å². The van der Waals surface area contributed by atoms with Gasteiger partial charge < -0.3 is 5.11 Å². The molecule has 0 saturated carbocycles. The molecule has 1 saturated heterocycles. The fraction of sp³-hybridized carbons (Fsp3) is 0.444. The SMILES string of the molecule is O=C1CC(CO)CN1c1ccc(Cl)nn1. The minimum Gasteiger partial charge on any atom is -0.396 e. The van der Waals surface area contributed by atoms with Gasteiger partial charge in [0.25, 0.3) is 0 Å². The van der Waals surface area contributed by atoms with Crippen LogP contribution in [0.25, 0.3) is 0 Å². The van der Waals surface area contributed by atoms with Crippen LogP contribution in [0.15, 0.2) is 12.1 Å². The highest BCUT2D eigenvalue weighted by Crippen LogP contribution is 2.22. The van der Waals surface area contributed by atoms with Gasteiger partial charge in [-0.3, -0.25) is 9.69 Å². The van der Waals surface area contributed by atoms with Crippen molar-refractivity contribution in [1.82, 2.24) is 10.2 Å². The minimum absolute atomic E-state index is 0.00465. The van der Waals surface area contributed by atoms with E-state index in [0.29, 0.717) is 23.9 Å². The van der Waals surface area contributed by atoms with Crippen LogP contribution in [0.1, 0.15) is 6.42 Å². The third-order valence-electron chi connectivity index (χ3n) is 2.36. The number of rotatable bonds is 2. The molecule has 1 atom stereocenters. The average molecular weight is 228 g/mol. The van der Waals surface area contributed by atoms with Crippen molar-refractivity contribution in [2.24, 2.45) is 5.92 Å². The summed E-state index contributed by atoms with van der Waals surface area (Å²) in [6.45, 7) is 0.509. The molecule has 1 aromatic rings. The Labute approximate surface area is 91.7 Å². The number of amides is 1. The van der Waals surface area contributed by atoms with E-state index in [9.17, 15) is 4.79 Å². The van der Waals surface area contributed by atoms with E-state index in [1.54, 1.807) is 12.1 Å². The van der Waals surface area contributed by atoms with Crippen molar-refractivity contribution >= 4 is 23.3 Å². The highest BCUT2D eigenvalue weighted by molar-refractivity contribution is 6.29. The van der Waals surface area contributed by atoms with E-state index in [-0.39, 0.29) is 18.4 Å². The van der Waals surface area contributed by atoms with Gasteiger partial charge in [0, 0.05) is 25.5 Å². The van der Waals surface area contributed by atoms with Gasteiger partial charge in [-0.1, -0.05) is 11.6 Å². The standard InChI is InChI=1S/C9H10ClN3O2/c10-7-1-2-8(12-11-7)13-4-6(5-14)3-9(13)15/h1-2,6,14H,3-5H2. The van der Waals surface area contributed by atoms with Gasteiger partial charge in [0.05, 0.1) is 0 Å². The molecule has 0 aromatic carbocycles. The minimum atomic E-state index is -0.0364.